The number of aromatic carboxylic acids is 1. The molecule has 0 amide bonds. The molecule has 0 saturated heterocycles. The van der Waals surface area contributed by atoms with Crippen molar-refractivity contribution >= 4 is 16.9 Å². The maximum Gasteiger partial charge on any atom is 0.337 e. The first-order valence-corrected chi connectivity index (χ1v) is 5.51. The molecule has 0 aliphatic carbocycles. The van der Waals surface area contributed by atoms with Crippen molar-refractivity contribution in [1.29, 1.82) is 0 Å². The standard InChI is InChI=1S/C13H16N2O2/c1-9(14(2)3)15-8-11(13(16)17)10-6-4-5-7-12(10)15/h4-9H,1-3H3,(H,16,17). The third-order valence-electron chi connectivity index (χ3n) is 3.12. The van der Waals surface area contributed by atoms with Crippen molar-refractivity contribution in [1.82, 2.24) is 9.47 Å². The minimum absolute atomic E-state index is 0.119. The Kier molecular flexibility index (Phi) is 2.90. The molecule has 0 aliphatic heterocycles. The Bertz CT molecular complexity index is 558. The van der Waals surface area contributed by atoms with Crippen molar-refractivity contribution < 1.29 is 9.90 Å². The predicted octanol–water partition coefficient (Wildman–Crippen LogP) is 2.42. The fourth-order valence-electron chi connectivity index (χ4n) is 1.93. The van der Waals surface area contributed by atoms with Crippen LogP contribution >= 0.6 is 0 Å². The van der Waals surface area contributed by atoms with Crippen LogP contribution in [0.2, 0.25) is 0 Å². The highest BCUT2D eigenvalue weighted by Gasteiger charge is 2.17. The number of fused-ring (bicyclic) bond motifs is 1. The molecule has 0 saturated carbocycles. The lowest BCUT2D eigenvalue weighted by atomic mass is 10.2. The van der Waals surface area contributed by atoms with Crippen LogP contribution in [0.1, 0.15) is 23.4 Å². The first-order chi connectivity index (χ1) is 8.02. The number of rotatable bonds is 3. The van der Waals surface area contributed by atoms with E-state index in [1.165, 1.54) is 0 Å². The third kappa shape index (κ3) is 1.91. The first kappa shape index (κ1) is 11.7. The molecule has 1 aromatic heterocycles. The summed E-state index contributed by atoms with van der Waals surface area (Å²) in [4.78, 5) is 13.2. The zero-order chi connectivity index (χ0) is 12.6. The topological polar surface area (TPSA) is 45.5 Å². The molecule has 17 heavy (non-hydrogen) atoms. The number of hydrogen-bond acceptors (Lipinski definition) is 2. The van der Waals surface area contributed by atoms with Crippen molar-refractivity contribution in [3.8, 4) is 0 Å². The van der Waals surface area contributed by atoms with Gasteiger partial charge >= 0.3 is 5.97 Å². The number of aromatic nitrogens is 1. The summed E-state index contributed by atoms with van der Waals surface area (Å²) < 4.78 is 1.98. The van der Waals surface area contributed by atoms with Crippen molar-refractivity contribution in [2.75, 3.05) is 14.1 Å². The second-order valence-corrected chi connectivity index (χ2v) is 4.37. The number of hydrogen-bond donors (Lipinski definition) is 1. The second-order valence-electron chi connectivity index (χ2n) is 4.37. The number of benzene rings is 1. The van der Waals surface area contributed by atoms with Crippen LogP contribution in [0, 0.1) is 0 Å². The number of carboxylic acids is 1. The number of para-hydroxylation sites is 1. The minimum Gasteiger partial charge on any atom is -0.478 e. The molecule has 0 fully saturated rings. The fourth-order valence-corrected chi connectivity index (χ4v) is 1.93. The lowest BCUT2D eigenvalue weighted by Gasteiger charge is -2.22. The van der Waals surface area contributed by atoms with E-state index in [2.05, 4.69) is 0 Å². The zero-order valence-electron chi connectivity index (χ0n) is 10.2. The molecule has 1 heterocycles. The highest BCUT2D eigenvalue weighted by molar-refractivity contribution is 6.03. The van der Waals surface area contributed by atoms with Crippen molar-refractivity contribution in [2.24, 2.45) is 0 Å². The van der Waals surface area contributed by atoms with Gasteiger partial charge in [-0.05, 0) is 27.1 Å². The van der Waals surface area contributed by atoms with Crippen LogP contribution in [0.5, 0.6) is 0 Å². The maximum absolute atomic E-state index is 11.2. The Morgan fingerprint density at radius 1 is 1.35 bits per heavy atom. The summed E-state index contributed by atoms with van der Waals surface area (Å²) in [6.07, 6.45) is 1.82. The van der Waals surface area contributed by atoms with Gasteiger partial charge in [-0.3, -0.25) is 4.90 Å². The van der Waals surface area contributed by atoms with E-state index in [1.54, 1.807) is 6.20 Å². The average Bonchev–Trinajstić information content (AvgIpc) is 2.67. The van der Waals surface area contributed by atoms with Gasteiger partial charge in [0.25, 0.3) is 0 Å². The van der Waals surface area contributed by atoms with Crippen LogP contribution in [-0.2, 0) is 0 Å². The van der Waals surface area contributed by atoms with E-state index in [0.29, 0.717) is 5.56 Å². The van der Waals surface area contributed by atoms with Crippen molar-refractivity contribution in [2.45, 2.75) is 13.1 Å². The Hall–Kier alpha value is -1.81. The Morgan fingerprint density at radius 3 is 2.59 bits per heavy atom. The molecule has 90 valence electrons. The van der Waals surface area contributed by atoms with E-state index in [1.807, 2.05) is 54.8 Å². The van der Waals surface area contributed by atoms with Crippen LogP contribution in [0.15, 0.2) is 30.5 Å². The lowest BCUT2D eigenvalue weighted by Crippen LogP contribution is -2.22. The zero-order valence-corrected chi connectivity index (χ0v) is 10.2. The van der Waals surface area contributed by atoms with E-state index in [0.717, 1.165) is 10.9 Å². The molecule has 1 unspecified atom stereocenters. The summed E-state index contributed by atoms with van der Waals surface area (Å²) in [7, 11) is 3.94. The van der Waals surface area contributed by atoms with Gasteiger partial charge in [-0.15, -0.1) is 0 Å². The summed E-state index contributed by atoms with van der Waals surface area (Å²) in [6.45, 7) is 2.04. The van der Waals surface area contributed by atoms with Crippen LogP contribution in [-0.4, -0.2) is 34.6 Å². The molecule has 1 atom stereocenters. The normalized spacial score (nSPS) is 13.2. The first-order valence-electron chi connectivity index (χ1n) is 5.51. The number of nitrogens with zero attached hydrogens (tertiary/aromatic N) is 2. The number of carboxylic acid groups (broad SMARTS) is 1. The molecule has 2 rings (SSSR count). The summed E-state index contributed by atoms with van der Waals surface area (Å²) in [5.41, 5.74) is 1.31. The van der Waals surface area contributed by atoms with Crippen molar-refractivity contribution in [3.63, 3.8) is 0 Å². The summed E-state index contributed by atoms with van der Waals surface area (Å²) in [6, 6.07) is 7.58. The quantitative estimate of drug-likeness (QED) is 0.884. The molecular formula is C13H16N2O2. The van der Waals surface area contributed by atoms with Gasteiger partial charge in [0.05, 0.1) is 17.2 Å². The molecule has 0 aliphatic rings. The Balaban J connectivity index is 2.68. The minimum atomic E-state index is -0.883. The van der Waals surface area contributed by atoms with E-state index >= 15 is 0 Å². The smallest absolute Gasteiger partial charge is 0.337 e. The van der Waals surface area contributed by atoms with Crippen molar-refractivity contribution in [3.05, 3.63) is 36.0 Å². The van der Waals surface area contributed by atoms with Gasteiger partial charge in [0.15, 0.2) is 0 Å². The Morgan fingerprint density at radius 2 is 2.00 bits per heavy atom. The molecule has 0 bridgehead atoms. The summed E-state index contributed by atoms with van der Waals surface area (Å²) >= 11 is 0. The highest BCUT2D eigenvalue weighted by atomic mass is 16.4. The summed E-state index contributed by atoms with van der Waals surface area (Å²) in [5.74, 6) is -0.883. The second kappa shape index (κ2) is 4.22. The van der Waals surface area contributed by atoms with Gasteiger partial charge in [-0.25, -0.2) is 4.79 Å². The molecule has 4 heteroatoms. The summed E-state index contributed by atoms with van der Waals surface area (Å²) in [5, 5.41) is 9.98. The number of carbonyl (C=O) groups is 1. The molecule has 4 nitrogen and oxygen atoms in total. The van der Waals surface area contributed by atoms with Gasteiger partial charge in [-0.2, -0.15) is 0 Å². The Labute approximate surface area is 100 Å². The molecule has 1 N–H and O–H groups in total. The molecule has 1 aromatic carbocycles. The van der Waals surface area contributed by atoms with E-state index in [4.69, 9.17) is 0 Å². The van der Waals surface area contributed by atoms with Gasteiger partial charge in [0, 0.05) is 11.6 Å². The molecular weight excluding hydrogens is 216 g/mol. The average molecular weight is 232 g/mol. The van der Waals surface area contributed by atoms with E-state index in [9.17, 15) is 9.90 Å². The van der Waals surface area contributed by atoms with E-state index < -0.39 is 5.97 Å². The molecule has 2 aromatic rings. The fraction of sp³-hybridized carbons (Fsp3) is 0.308. The van der Waals surface area contributed by atoms with Crippen LogP contribution in [0.4, 0.5) is 0 Å². The monoisotopic (exact) mass is 232 g/mol. The van der Waals surface area contributed by atoms with Crippen LogP contribution in [0.3, 0.4) is 0 Å². The van der Waals surface area contributed by atoms with E-state index in [-0.39, 0.29) is 6.17 Å². The van der Waals surface area contributed by atoms with Gasteiger partial charge < -0.3 is 9.67 Å². The lowest BCUT2D eigenvalue weighted by molar-refractivity contribution is 0.0698. The predicted molar refractivity (Wildman–Crippen MR) is 67.3 cm³/mol. The maximum atomic E-state index is 11.2. The SMILES string of the molecule is CC(N(C)C)n1cc(C(=O)O)c2ccccc21. The third-order valence-corrected chi connectivity index (χ3v) is 3.12. The van der Waals surface area contributed by atoms with Gasteiger partial charge in [0.2, 0.25) is 0 Å². The highest BCUT2D eigenvalue weighted by Crippen LogP contribution is 2.25. The van der Waals surface area contributed by atoms with Crippen LogP contribution in [0.25, 0.3) is 10.9 Å². The molecule has 0 radical (unpaired) electrons. The largest absolute Gasteiger partial charge is 0.478 e. The van der Waals surface area contributed by atoms with Gasteiger partial charge in [0.1, 0.15) is 0 Å². The van der Waals surface area contributed by atoms with Gasteiger partial charge in [-0.1, -0.05) is 18.2 Å². The molecule has 0 spiro atoms. The van der Waals surface area contributed by atoms with Crippen LogP contribution < -0.4 is 0 Å².